The summed E-state index contributed by atoms with van der Waals surface area (Å²) >= 11 is 5.94. The number of rotatable bonds is 5. The van der Waals surface area contributed by atoms with Crippen molar-refractivity contribution in [2.24, 2.45) is 5.92 Å². The number of esters is 1. The zero-order valence-corrected chi connectivity index (χ0v) is 15.8. The largest absolute Gasteiger partial charge is 0.456 e. The topological polar surface area (TPSA) is 92.8 Å². The van der Waals surface area contributed by atoms with Crippen LogP contribution in [0.3, 0.4) is 0 Å². The van der Waals surface area contributed by atoms with Crippen molar-refractivity contribution in [2.75, 3.05) is 13.2 Å². The third-order valence-electron chi connectivity index (χ3n) is 5.33. The Labute approximate surface area is 162 Å². The molecule has 0 unspecified atom stereocenters. The predicted molar refractivity (Wildman–Crippen MR) is 97.3 cm³/mol. The van der Waals surface area contributed by atoms with E-state index in [-0.39, 0.29) is 16.5 Å². The summed E-state index contributed by atoms with van der Waals surface area (Å²) in [4.78, 5) is 50.1. The highest BCUT2D eigenvalue weighted by Gasteiger charge is 2.55. The van der Waals surface area contributed by atoms with Gasteiger partial charge in [0.2, 0.25) is 5.78 Å². The fraction of sp³-hybridized carbons (Fsp3) is 0.474. The van der Waals surface area contributed by atoms with Gasteiger partial charge in [-0.2, -0.15) is 0 Å². The highest BCUT2D eigenvalue weighted by Crippen LogP contribution is 2.38. The van der Waals surface area contributed by atoms with Crippen LogP contribution in [0.1, 0.15) is 43.0 Å². The lowest BCUT2D eigenvalue weighted by atomic mass is 9.73. The fourth-order valence-corrected chi connectivity index (χ4v) is 3.97. The van der Waals surface area contributed by atoms with Crippen molar-refractivity contribution in [3.63, 3.8) is 0 Å². The number of ketones is 1. The Morgan fingerprint density at radius 3 is 2.74 bits per heavy atom. The molecular formula is C19H21ClN2O5. The van der Waals surface area contributed by atoms with Crippen molar-refractivity contribution in [3.8, 4) is 0 Å². The van der Waals surface area contributed by atoms with Gasteiger partial charge in [0, 0.05) is 5.56 Å². The summed E-state index contributed by atoms with van der Waals surface area (Å²) in [5.74, 6) is -1.66. The molecule has 0 radical (unpaired) electrons. The molecule has 1 N–H and O–H groups in total. The Hall–Kier alpha value is -2.41. The standard InChI is InChI=1S/C19H21ClN2O5/c1-12-6-4-5-9-19(12)17(25)22(18(26)21-19)10-16(24)27-11-15(23)13-7-2-3-8-14(13)20/h2-3,7-8,12H,4-6,9-11H2,1H3,(H,21,26)/t12-,19+/m0/s1. The number of imide groups is 1. The summed E-state index contributed by atoms with van der Waals surface area (Å²) in [6, 6.07) is 5.84. The molecule has 144 valence electrons. The van der Waals surface area contributed by atoms with Crippen molar-refractivity contribution in [2.45, 2.75) is 38.1 Å². The normalized spacial score (nSPS) is 24.8. The quantitative estimate of drug-likeness (QED) is 0.472. The van der Waals surface area contributed by atoms with E-state index in [9.17, 15) is 19.2 Å². The molecule has 1 aliphatic heterocycles. The highest BCUT2D eigenvalue weighted by molar-refractivity contribution is 6.34. The number of ether oxygens (including phenoxy) is 1. The highest BCUT2D eigenvalue weighted by atomic mass is 35.5. The Balaban J connectivity index is 1.59. The molecule has 27 heavy (non-hydrogen) atoms. The van der Waals surface area contributed by atoms with Crippen molar-refractivity contribution in [1.29, 1.82) is 0 Å². The number of carbonyl (C=O) groups excluding carboxylic acids is 4. The average Bonchev–Trinajstić information content (AvgIpc) is 2.87. The molecule has 2 aliphatic rings. The van der Waals surface area contributed by atoms with Crippen LogP contribution in [0.15, 0.2) is 24.3 Å². The van der Waals surface area contributed by atoms with E-state index in [1.54, 1.807) is 18.2 Å². The van der Waals surface area contributed by atoms with Gasteiger partial charge in [-0.15, -0.1) is 0 Å². The SMILES string of the molecule is C[C@H]1CCCC[C@@]12NC(=O)N(CC(=O)OCC(=O)c1ccccc1Cl)C2=O. The van der Waals surface area contributed by atoms with Gasteiger partial charge in [-0.25, -0.2) is 4.79 Å². The third-order valence-corrected chi connectivity index (χ3v) is 5.66. The molecule has 1 spiro atoms. The minimum absolute atomic E-state index is 0.00511. The second kappa shape index (κ2) is 7.68. The van der Waals surface area contributed by atoms with Gasteiger partial charge in [0.05, 0.1) is 5.02 Å². The monoisotopic (exact) mass is 392 g/mol. The summed E-state index contributed by atoms with van der Waals surface area (Å²) in [5, 5.41) is 3.03. The zero-order chi connectivity index (χ0) is 19.6. The zero-order valence-electron chi connectivity index (χ0n) is 15.0. The second-order valence-electron chi connectivity index (χ2n) is 7.00. The van der Waals surface area contributed by atoms with Gasteiger partial charge in [0.15, 0.2) is 6.61 Å². The average molecular weight is 393 g/mol. The van der Waals surface area contributed by atoms with Crippen LogP contribution in [0.4, 0.5) is 4.79 Å². The smallest absolute Gasteiger partial charge is 0.326 e. The lowest BCUT2D eigenvalue weighted by Gasteiger charge is -2.36. The van der Waals surface area contributed by atoms with Gasteiger partial charge < -0.3 is 10.1 Å². The first-order chi connectivity index (χ1) is 12.8. The lowest BCUT2D eigenvalue weighted by Crippen LogP contribution is -2.54. The molecule has 1 aliphatic carbocycles. The first kappa shape index (κ1) is 19.4. The van der Waals surface area contributed by atoms with E-state index in [1.807, 2.05) is 6.92 Å². The lowest BCUT2D eigenvalue weighted by molar-refractivity contribution is -0.147. The first-order valence-corrected chi connectivity index (χ1v) is 9.30. The maximum atomic E-state index is 12.8. The molecule has 1 aromatic carbocycles. The van der Waals surface area contributed by atoms with Gasteiger partial charge in [0.25, 0.3) is 5.91 Å². The summed E-state index contributed by atoms with van der Waals surface area (Å²) in [6.07, 6.45) is 3.27. The number of amides is 3. The minimum atomic E-state index is -0.928. The van der Waals surface area contributed by atoms with Crippen LogP contribution in [-0.2, 0) is 14.3 Å². The molecule has 0 aromatic heterocycles. The van der Waals surface area contributed by atoms with Gasteiger partial charge in [-0.3, -0.25) is 19.3 Å². The van der Waals surface area contributed by atoms with Gasteiger partial charge >= 0.3 is 12.0 Å². The number of Topliss-reactive ketones (excluding diaryl/α,β-unsaturated/α-hetero) is 1. The van der Waals surface area contributed by atoms with E-state index in [2.05, 4.69) is 5.32 Å². The number of carbonyl (C=O) groups is 4. The van der Waals surface area contributed by atoms with Crippen LogP contribution in [0.5, 0.6) is 0 Å². The fourth-order valence-electron chi connectivity index (χ4n) is 3.72. The molecule has 2 atom stereocenters. The Morgan fingerprint density at radius 2 is 2.04 bits per heavy atom. The van der Waals surface area contributed by atoms with E-state index in [0.717, 1.165) is 24.2 Å². The van der Waals surface area contributed by atoms with E-state index < -0.39 is 42.4 Å². The molecule has 3 rings (SSSR count). The van der Waals surface area contributed by atoms with Crippen LogP contribution in [0.25, 0.3) is 0 Å². The van der Waals surface area contributed by atoms with E-state index in [0.29, 0.717) is 6.42 Å². The van der Waals surface area contributed by atoms with Crippen LogP contribution in [-0.4, -0.2) is 47.3 Å². The number of nitrogens with one attached hydrogen (secondary N) is 1. The van der Waals surface area contributed by atoms with Crippen LogP contribution < -0.4 is 5.32 Å². The van der Waals surface area contributed by atoms with Crippen LogP contribution in [0, 0.1) is 5.92 Å². The molecular weight excluding hydrogens is 372 g/mol. The molecule has 7 nitrogen and oxygen atoms in total. The number of nitrogens with zero attached hydrogens (tertiary/aromatic N) is 1. The third kappa shape index (κ3) is 3.69. The maximum absolute atomic E-state index is 12.8. The van der Waals surface area contributed by atoms with Crippen LogP contribution >= 0.6 is 11.6 Å². The van der Waals surface area contributed by atoms with Crippen molar-refractivity contribution in [1.82, 2.24) is 10.2 Å². The van der Waals surface area contributed by atoms with E-state index in [1.165, 1.54) is 6.07 Å². The van der Waals surface area contributed by atoms with Crippen LogP contribution in [0.2, 0.25) is 5.02 Å². The molecule has 1 saturated heterocycles. The van der Waals surface area contributed by atoms with E-state index in [4.69, 9.17) is 16.3 Å². The van der Waals surface area contributed by atoms with Gasteiger partial charge in [-0.1, -0.05) is 43.5 Å². The summed E-state index contributed by atoms with van der Waals surface area (Å²) < 4.78 is 4.95. The number of urea groups is 1. The Kier molecular flexibility index (Phi) is 5.51. The molecule has 0 bridgehead atoms. The summed E-state index contributed by atoms with van der Waals surface area (Å²) in [7, 11) is 0. The minimum Gasteiger partial charge on any atom is -0.456 e. The molecule has 1 saturated carbocycles. The predicted octanol–water partition coefficient (Wildman–Crippen LogP) is 2.57. The number of hydrogen-bond donors (Lipinski definition) is 1. The van der Waals surface area contributed by atoms with Crippen molar-refractivity contribution in [3.05, 3.63) is 34.9 Å². The maximum Gasteiger partial charge on any atom is 0.326 e. The van der Waals surface area contributed by atoms with Crippen molar-refractivity contribution < 1.29 is 23.9 Å². The first-order valence-electron chi connectivity index (χ1n) is 8.92. The number of hydrogen-bond acceptors (Lipinski definition) is 5. The molecule has 1 aromatic rings. The molecule has 2 fully saturated rings. The molecule has 1 heterocycles. The van der Waals surface area contributed by atoms with Gasteiger partial charge in [0.1, 0.15) is 12.1 Å². The Morgan fingerprint density at radius 1 is 1.30 bits per heavy atom. The van der Waals surface area contributed by atoms with E-state index >= 15 is 0 Å². The van der Waals surface area contributed by atoms with Gasteiger partial charge in [-0.05, 0) is 30.9 Å². The number of halogens is 1. The summed E-state index contributed by atoms with van der Waals surface area (Å²) in [5.41, 5.74) is -0.680. The molecule has 3 amide bonds. The molecule has 8 heteroatoms. The summed E-state index contributed by atoms with van der Waals surface area (Å²) in [6.45, 7) is 0.907. The van der Waals surface area contributed by atoms with Crippen molar-refractivity contribution >= 4 is 35.3 Å². The second-order valence-corrected chi connectivity index (χ2v) is 7.41. The number of benzene rings is 1. The Bertz CT molecular complexity index is 796.